The molecule has 1 aliphatic heterocycles. The van der Waals surface area contributed by atoms with E-state index in [0.717, 1.165) is 38.0 Å². The lowest BCUT2D eigenvalue weighted by Crippen LogP contribution is -2.32. The molecule has 1 saturated carbocycles. The van der Waals surface area contributed by atoms with Crippen LogP contribution in [0.1, 0.15) is 37.3 Å². The summed E-state index contributed by atoms with van der Waals surface area (Å²) in [5.41, 5.74) is 1.23. The van der Waals surface area contributed by atoms with Crippen molar-refractivity contribution in [3.63, 3.8) is 0 Å². The van der Waals surface area contributed by atoms with Crippen LogP contribution in [-0.2, 0) is 17.9 Å². The lowest BCUT2D eigenvalue weighted by Gasteiger charge is -2.23. The van der Waals surface area contributed by atoms with Gasteiger partial charge in [0.15, 0.2) is 0 Å². The van der Waals surface area contributed by atoms with Crippen LogP contribution in [0.2, 0.25) is 0 Å². The Kier molecular flexibility index (Phi) is 4.07. The first-order valence-electron chi connectivity index (χ1n) is 6.20. The number of hydrogen-bond acceptors (Lipinski definition) is 3. The average Bonchev–Trinajstić information content (AvgIpc) is 3.00. The van der Waals surface area contributed by atoms with Crippen molar-refractivity contribution < 1.29 is 4.74 Å². The van der Waals surface area contributed by atoms with Gasteiger partial charge in [0.25, 0.3) is 0 Å². The van der Waals surface area contributed by atoms with Crippen LogP contribution in [0.4, 0.5) is 0 Å². The van der Waals surface area contributed by atoms with E-state index in [4.69, 9.17) is 4.74 Å². The molecule has 0 amide bonds. The Morgan fingerprint density at radius 3 is 3.12 bits per heavy atom. The summed E-state index contributed by atoms with van der Waals surface area (Å²) < 4.78 is 8.02. The Labute approximate surface area is 108 Å². The average molecular weight is 258 g/mol. The fourth-order valence-electron chi connectivity index (χ4n) is 2.24. The number of nitrogens with zero attached hydrogens (tertiary/aromatic N) is 2. The SMILES string of the molecule is CC1NCCn2c(COCC3CC3)cnc21.Cl. The van der Waals surface area contributed by atoms with Gasteiger partial charge in [0.1, 0.15) is 5.82 Å². The molecule has 0 saturated heterocycles. The predicted octanol–water partition coefficient (Wildman–Crippen LogP) is 1.90. The minimum Gasteiger partial charge on any atom is -0.375 e. The Morgan fingerprint density at radius 2 is 2.35 bits per heavy atom. The van der Waals surface area contributed by atoms with Gasteiger partial charge in [0.05, 0.1) is 24.5 Å². The molecule has 1 unspecified atom stereocenters. The summed E-state index contributed by atoms with van der Waals surface area (Å²) in [4.78, 5) is 4.47. The Hall–Kier alpha value is -0.580. The van der Waals surface area contributed by atoms with Crippen molar-refractivity contribution in [2.24, 2.45) is 5.92 Å². The zero-order valence-electron chi connectivity index (χ0n) is 10.2. The predicted molar refractivity (Wildman–Crippen MR) is 68.3 cm³/mol. The molecule has 4 nitrogen and oxygen atoms in total. The molecule has 0 aromatic carbocycles. The van der Waals surface area contributed by atoms with E-state index in [1.54, 1.807) is 0 Å². The van der Waals surface area contributed by atoms with Crippen molar-refractivity contribution in [3.8, 4) is 0 Å². The molecule has 1 aromatic heterocycles. The van der Waals surface area contributed by atoms with Gasteiger partial charge >= 0.3 is 0 Å². The highest BCUT2D eigenvalue weighted by atomic mass is 35.5. The third-order valence-corrected chi connectivity index (χ3v) is 3.44. The van der Waals surface area contributed by atoms with Gasteiger partial charge in [-0.1, -0.05) is 0 Å². The van der Waals surface area contributed by atoms with Crippen molar-refractivity contribution in [2.75, 3.05) is 13.2 Å². The molecule has 1 aliphatic carbocycles. The highest BCUT2D eigenvalue weighted by Gasteiger charge is 2.22. The van der Waals surface area contributed by atoms with E-state index in [1.807, 2.05) is 6.20 Å². The molecule has 2 aliphatic rings. The quantitative estimate of drug-likeness (QED) is 0.896. The Balaban J connectivity index is 0.00000108. The molecule has 1 N–H and O–H groups in total. The number of halogens is 1. The van der Waals surface area contributed by atoms with Crippen molar-refractivity contribution in [1.29, 1.82) is 0 Å². The highest BCUT2D eigenvalue weighted by molar-refractivity contribution is 5.85. The third kappa shape index (κ3) is 2.81. The maximum atomic E-state index is 5.72. The van der Waals surface area contributed by atoms with Crippen LogP contribution in [0, 0.1) is 5.92 Å². The van der Waals surface area contributed by atoms with Gasteiger partial charge in [-0.05, 0) is 25.7 Å². The zero-order valence-corrected chi connectivity index (χ0v) is 11.0. The maximum absolute atomic E-state index is 5.72. The van der Waals surface area contributed by atoms with E-state index < -0.39 is 0 Å². The van der Waals surface area contributed by atoms with Crippen LogP contribution >= 0.6 is 12.4 Å². The summed E-state index contributed by atoms with van der Waals surface area (Å²) in [5, 5.41) is 3.41. The maximum Gasteiger partial charge on any atom is 0.125 e. The van der Waals surface area contributed by atoms with Crippen molar-refractivity contribution in [2.45, 2.75) is 39.0 Å². The smallest absolute Gasteiger partial charge is 0.125 e. The number of fused-ring (bicyclic) bond motifs is 1. The summed E-state index contributed by atoms with van der Waals surface area (Å²) in [6.07, 6.45) is 4.67. The van der Waals surface area contributed by atoms with E-state index in [9.17, 15) is 0 Å². The second-order valence-electron chi connectivity index (χ2n) is 4.89. The third-order valence-electron chi connectivity index (χ3n) is 3.44. The largest absolute Gasteiger partial charge is 0.375 e. The van der Waals surface area contributed by atoms with Gasteiger partial charge in [0, 0.05) is 19.7 Å². The van der Waals surface area contributed by atoms with Crippen LogP contribution < -0.4 is 5.32 Å². The van der Waals surface area contributed by atoms with E-state index in [0.29, 0.717) is 6.04 Å². The fraction of sp³-hybridized carbons (Fsp3) is 0.750. The van der Waals surface area contributed by atoms with Crippen LogP contribution in [0.5, 0.6) is 0 Å². The zero-order chi connectivity index (χ0) is 11.0. The number of rotatable bonds is 4. The fourth-order valence-corrected chi connectivity index (χ4v) is 2.24. The molecule has 0 bridgehead atoms. The molecule has 1 fully saturated rings. The highest BCUT2D eigenvalue weighted by Crippen LogP contribution is 2.29. The molecule has 2 heterocycles. The van der Waals surface area contributed by atoms with Crippen LogP contribution in [0.3, 0.4) is 0 Å². The summed E-state index contributed by atoms with van der Waals surface area (Å²) in [5.74, 6) is 1.99. The van der Waals surface area contributed by atoms with E-state index in [2.05, 4.69) is 21.8 Å². The summed E-state index contributed by atoms with van der Waals surface area (Å²) in [6.45, 7) is 5.85. The molecular formula is C12H20ClN3O. The molecule has 5 heteroatoms. The van der Waals surface area contributed by atoms with Gasteiger partial charge in [-0.2, -0.15) is 0 Å². The van der Waals surface area contributed by atoms with Gasteiger partial charge in [-0.3, -0.25) is 0 Å². The number of aromatic nitrogens is 2. The summed E-state index contributed by atoms with van der Waals surface area (Å²) in [6, 6.07) is 0.367. The normalized spacial score (nSPS) is 23.0. The molecule has 1 aromatic rings. The van der Waals surface area contributed by atoms with Gasteiger partial charge in [-0.15, -0.1) is 12.4 Å². The molecule has 1 atom stereocenters. The number of imidazole rings is 1. The number of hydrogen-bond donors (Lipinski definition) is 1. The van der Waals surface area contributed by atoms with Crippen LogP contribution in [-0.4, -0.2) is 22.7 Å². The second kappa shape index (κ2) is 5.38. The van der Waals surface area contributed by atoms with Gasteiger partial charge < -0.3 is 14.6 Å². The summed E-state index contributed by atoms with van der Waals surface area (Å²) in [7, 11) is 0. The van der Waals surface area contributed by atoms with Crippen molar-refractivity contribution in [3.05, 3.63) is 17.7 Å². The molecule has 0 spiro atoms. The van der Waals surface area contributed by atoms with Crippen LogP contribution in [0.15, 0.2) is 6.20 Å². The standard InChI is InChI=1S/C12H19N3O.ClH/c1-9-12-14-6-11(15(12)5-4-13-9)8-16-7-10-2-3-10;/h6,9-10,13H,2-5,7-8H2,1H3;1H. The number of nitrogens with one attached hydrogen (secondary N) is 1. The lowest BCUT2D eigenvalue weighted by molar-refractivity contribution is 0.106. The molecule has 0 radical (unpaired) electrons. The summed E-state index contributed by atoms with van der Waals surface area (Å²) >= 11 is 0. The van der Waals surface area contributed by atoms with Crippen LogP contribution in [0.25, 0.3) is 0 Å². The Bertz CT molecular complexity index is 376. The van der Waals surface area contributed by atoms with Gasteiger partial charge in [0.2, 0.25) is 0 Å². The Morgan fingerprint density at radius 1 is 1.53 bits per heavy atom. The van der Waals surface area contributed by atoms with E-state index in [1.165, 1.54) is 18.5 Å². The van der Waals surface area contributed by atoms with Crippen molar-refractivity contribution in [1.82, 2.24) is 14.9 Å². The first-order valence-corrected chi connectivity index (χ1v) is 6.20. The first kappa shape index (κ1) is 12.9. The molecule has 96 valence electrons. The molecule has 3 rings (SSSR count). The van der Waals surface area contributed by atoms with E-state index in [-0.39, 0.29) is 12.4 Å². The minimum atomic E-state index is 0. The van der Waals surface area contributed by atoms with Gasteiger partial charge in [-0.25, -0.2) is 4.98 Å². The topological polar surface area (TPSA) is 39.1 Å². The second-order valence-corrected chi connectivity index (χ2v) is 4.89. The lowest BCUT2D eigenvalue weighted by atomic mass is 10.2. The first-order chi connectivity index (χ1) is 7.84. The number of ether oxygens (including phenoxy) is 1. The molecule has 17 heavy (non-hydrogen) atoms. The monoisotopic (exact) mass is 257 g/mol. The molecular weight excluding hydrogens is 238 g/mol. The van der Waals surface area contributed by atoms with Crippen molar-refractivity contribution >= 4 is 12.4 Å². The van der Waals surface area contributed by atoms with E-state index >= 15 is 0 Å². The minimum absolute atomic E-state index is 0.